The van der Waals surface area contributed by atoms with Crippen molar-refractivity contribution in [2.75, 3.05) is 26.9 Å². The van der Waals surface area contributed by atoms with E-state index in [9.17, 15) is 14.4 Å². The summed E-state index contributed by atoms with van der Waals surface area (Å²) in [7, 11) is 1.28. The highest BCUT2D eigenvalue weighted by atomic mass is 32.1. The molecule has 1 aliphatic rings. The van der Waals surface area contributed by atoms with Crippen LogP contribution in [-0.4, -0.2) is 48.0 Å². The summed E-state index contributed by atoms with van der Waals surface area (Å²) in [6.07, 6.45) is 1.94. The number of rotatable bonds is 11. The zero-order valence-corrected chi connectivity index (χ0v) is 31.0. The van der Waals surface area contributed by atoms with Gasteiger partial charge in [0, 0.05) is 28.7 Å². The quantitative estimate of drug-likeness (QED) is 0.146. The SMILES string of the molecule is CCOC(=O)C1=C(C)N=c2s/c(=C/c3c(C)n(Cc4cccc5ccccc45)c4ccccc34)c(=O)n2[C@H]1c1ccc(OCC(=O)OC)c(OCC)c1. The molecule has 0 N–H and O–H groups in total. The molecule has 6 aromatic rings. The van der Waals surface area contributed by atoms with E-state index in [4.69, 9.17) is 23.9 Å². The lowest BCUT2D eigenvalue weighted by Gasteiger charge is -2.25. The van der Waals surface area contributed by atoms with Crippen LogP contribution in [0.3, 0.4) is 0 Å². The number of allylic oxidation sites excluding steroid dienone is 1. The van der Waals surface area contributed by atoms with Crippen molar-refractivity contribution in [2.45, 2.75) is 40.3 Å². The molecule has 2 aromatic heterocycles. The lowest BCUT2D eigenvalue weighted by atomic mass is 9.95. The fourth-order valence-corrected chi connectivity index (χ4v) is 7.99. The third-order valence-corrected chi connectivity index (χ3v) is 10.4. The van der Waals surface area contributed by atoms with Crippen LogP contribution in [0.15, 0.2) is 106 Å². The zero-order valence-electron chi connectivity index (χ0n) is 30.2. The maximum atomic E-state index is 14.6. The summed E-state index contributed by atoms with van der Waals surface area (Å²) >= 11 is 1.28. The normalized spacial score (nSPS) is 14.3. The van der Waals surface area contributed by atoms with Gasteiger partial charge in [0.15, 0.2) is 22.9 Å². The molecular formula is C42H39N3O7S. The van der Waals surface area contributed by atoms with Gasteiger partial charge in [-0.3, -0.25) is 9.36 Å². The van der Waals surface area contributed by atoms with Gasteiger partial charge in [-0.25, -0.2) is 14.6 Å². The van der Waals surface area contributed by atoms with Gasteiger partial charge in [-0.05, 0) is 73.9 Å². The van der Waals surface area contributed by atoms with E-state index in [0.717, 1.165) is 22.2 Å². The minimum atomic E-state index is -0.866. The fraction of sp³-hybridized carbons (Fsp3) is 0.238. The highest BCUT2D eigenvalue weighted by Gasteiger charge is 2.34. The summed E-state index contributed by atoms with van der Waals surface area (Å²) in [4.78, 5) is 45.2. The second-order valence-corrected chi connectivity index (χ2v) is 13.6. The summed E-state index contributed by atoms with van der Waals surface area (Å²) in [6.45, 7) is 8.21. The van der Waals surface area contributed by atoms with Gasteiger partial charge in [0.1, 0.15) is 0 Å². The molecule has 4 aromatic carbocycles. The van der Waals surface area contributed by atoms with E-state index >= 15 is 0 Å². The first kappa shape index (κ1) is 35.5. The molecule has 10 nitrogen and oxygen atoms in total. The number of hydrogen-bond donors (Lipinski definition) is 0. The Morgan fingerprint density at radius 2 is 1.64 bits per heavy atom. The molecule has 0 unspecified atom stereocenters. The Bertz CT molecular complexity index is 2610. The Morgan fingerprint density at radius 3 is 2.42 bits per heavy atom. The molecule has 0 bridgehead atoms. The number of ether oxygens (including phenoxy) is 4. The number of benzene rings is 4. The molecule has 11 heteroatoms. The molecule has 0 amide bonds. The van der Waals surface area contributed by atoms with Gasteiger partial charge in [0.25, 0.3) is 5.56 Å². The van der Waals surface area contributed by atoms with Gasteiger partial charge in [-0.2, -0.15) is 0 Å². The molecule has 0 aliphatic carbocycles. The number of carbonyl (C=O) groups excluding carboxylic acids is 2. The molecule has 0 saturated carbocycles. The Hall–Kier alpha value is -5.94. The Balaban J connectivity index is 1.38. The standard InChI is InChI=1S/C42H39N3O7S/c1-6-50-35-21-28(19-20-34(35)52-24-37(46)49-5)39-38(41(48)51-7-2)25(3)43-42-45(39)40(47)36(53-42)22-32-26(4)44(33-18-11-10-17-31(32)33)23-29-15-12-14-27-13-8-9-16-30(27)29/h8-22,39H,6-7,23-24H2,1-5H3/b36-22+/t39-/m0/s1. The average Bonchev–Trinajstić information content (AvgIpc) is 3.61. The molecule has 270 valence electrons. The van der Waals surface area contributed by atoms with Crippen molar-refractivity contribution < 1.29 is 28.5 Å². The zero-order chi connectivity index (χ0) is 37.2. The maximum Gasteiger partial charge on any atom is 0.343 e. The van der Waals surface area contributed by atoms with Gasteiger partial charge in [0.2, 0.25) is 0 Å². The molecular weight excluding hydrogens is 691 g/mol. The molecule has 0 fully saturated rings. The number of esters is 2. The second-order valence-electron chi connectivity index (χ2n) is 12.5. The topological polar surface area (TPSA) is 110 Å². The van der Waals surface area contributed by atoms with Crippen LogP contribution in [0.1, 0.15) is 49.2 Å². The van der Waals surface area contributed by atoms with Crippen LogP contribution in [0.2, 0.25) is 0 Å². The molecule has 0 saturated heterocycles. The van der Waals surface area contributed by atoms with Crippen molar-refractivity contribution in [1.82, 2.24) is 9.13 Å². The van der Waals surface area contributed by atoms with Crippen LogP contribution in [0.4, 0.5) is 0 Å². The smallest absolute Gasteiger partial charge is 0.343 e. The van der Waals surface area contributed by atoms with Crippen molar-refractivity contribution in [1.29, 1.82) is 0 Å². The van der Waals surface area contributed by atoms with E-state index in [1.165, 1.54) is 34.8 Å². The number of para-hydroxylation sites is 1. The minimum absolute atomic E-state index is 0.152. The largest absolute Gasteiger partial charge is 0.490 e. The number of hydrogen-bond acceptors (Lipinski definition) is 9. The summed E-state index contributed by atoms with van der Waals surface area (Å²) < 4.78 is 26.1. The first-order valence-corrected chi connectivity index (χ1v) is 18.3. The van der Waals surface area contributed by atoms with Crippen molar-refractivity contribution in [3.8, 4) is 11.5 Å². The van der Waals surface area contributed by atoms with E-state index in [0.29, 0.717) is 45.2 Å². The van der Waals surface area contributed by atoms with Crippen molar-refractivity contribution in [3.63, 3.8) is 0 Å². The first-order valence-electron chi connectivity index (χ1n) is 17.4. The predicted molar refractivity (Wildman–Crippen MR) is 205 cm³/mol. The summed E-state index contributed by atoms with van der Waals surface area (Å²) in [5.74, 6) is -0.436. The van der Waals surface area contributed by atoms with E-state index < -0.39 is 18.0 Å². The second kappa shape index (κ2) is 15.0. The number of nitrogens with zero attached hydrogens (tertiary/aromatic N) is 3. The van der Waals surface area contributed by atoms with Crippen LogP contribution >= 0.6 is 11.3 Å². The van der Waals surface area contributed by atoms with E-state index in [2.05, 4.69) is 60.0 Å². The van der Waals surface area contributed by atoms with Gasteiger partial charge in [0.05, 0.1) is 42.2 Å². The summed E-state index contributed by atoms with van der Waals surface area (Å²) in [5, 5.41) is 3.41. The summed E-state index contributed by atoms with van der Waals surface area (Å²) in [6, 6.07) is 27.2. The predicted octanol–water partition coefficient (Wildman–Crippen LogP) is 6.21. The number of carbonyl (C=O) groups is 2. The molecule has 1 aliphatic heterocycles. The van der Waals surface area contributed by atoms with Crippen LogP contribution in [-0.2, 0) is 25.6 Å². The first-order chi connectivity index (χ1) is 25.7. The van der Waals surface area contributed by atoms with Crippen LogP contribution in [0, 0.1) is 6.92 Å². The Kier molecular flexibility index (Phi) is 10.0. The van der Waals surface area contributed by atoms with Gasteiger partial charge < -0.3 is 23.5 Å². The number of thiazole rings is 1. The van der Waals surface area contributed by atoms with Crippen molar-refractivity contribution in [2.24, 2.45) is 4.99 Å². The minimum Gasteiger partial charge on any atom is -0.490 e. The van der Waals surface area contributed by atoms with E-state index in [-0.39, 0.29) is 24.3 Å². The third-order valence-electron chi connectivity index (χ3n) is 9.44. The van der Waals surface area contributed by atoms with Crippen LogP contribution in [0.5, 0.6) is 11.5 Å². The average molecular weight is 730 g/mol. The monoisotopic (exact) mass is 729 g/mol. The summed E-state index contributed by atoms with van der Waals surface area (Å²) in [5.41, 5.74) is 5.23. The number of aromatic nitrogens is 2. The number of methoxy groups -OCH3 is 1. The Labute approximate surface area is 309 Å². The van der Waals surface area contributed by atoms with Crippen LogP contribution < -0.4 is 24.4 Å². The molecule has 0 radical (unpaired) electrons. The molecule has 7 rings (SSSR count). The lowest BCUT2D eigenvalue weighted by molar-refractivity contribution is -0.143. The fourth-order valence-electron chi connectivity index (χ4n) is 6.96. The molecule has 0 spiro atoms. The Morgan fingerprint density at radius 1 is 0.887 bits per heavy atom. The van der Waals surface area contributed by atoms with E-state index in [1.54, 1.807) is 36.6 Å². The molecule has 1 atom stereocenters. The van der Waals surface area contributed by atoms with Crippen LogP contribution in [0.25, 0.3) is 27.8 Å². The number of fused-ring (bicyclic) bond motifs is 3. The highest BCUT2D eigenvalue weighted by Crippen LogP contribution is 2.37. The van der Waals surface area contributed by atoms with Gasteiger partial charge >= 0.3 is 11.9 Å². The molecule has 3 heterocycles. The van der Waals surface area contributed by atoms with Crippen molar-refractivity contribution >= 4 is 51.0 Å². The highest BCUT2D eigenvalue weighted by molar-refractivity contribution is 7.07. The van der Waals surface area contributed by atoms with Crippen molar-refractivity contribution in [3.05, 3.63) is 138 Å². The third kappa shape index (κ3) is 6.64. The van der Waals surface area contributed by atoms with Gasteiger partial charge in [-0.1, -0.05) is 78.1 Å². The van der Waals surface area contributed by atoms with Gasteiger partial charge in [-0.15, -0.1) is 0 Å². The maximum absolute atomic E-state index is 14.6. The lowest BCUT2D eigenvalue weighted by Crippen LogP contribution is -2.40. The van der Waals surface area contributed by atoms with E-state index in [1.807, 2.05) is 31.2 Å². The molecule has 53 heavy (non-hydrogen) atoms.